The topological polar surface area (TPSA) is 66.8 Å². The van der Waals surface area contributed by atoms with E-state index in [1.165, 1.54) is 4.90 Å². The van der Waals surface area contributed by atoms with E-state index in [1.54, 1.807) is 12.1 Å². The predicted molar refractivity (Wildman–Crippen MR) is 73.3 cm³/mol. The van der Waals surface area contributed by atoms with Crippen LogP contribution in [0.25, 0.3) is 0 Å². The molecule has 1 saturated heterocycles. The first kappa shape index (κ1) is 14.4. The third-order valence-corrected chi connectivity index (χ3v) is 3.39. The van der Waals surface area contributed by atoms with Crippen LogP contribution in [-0.4, -0.2) is 35.2 Å². The first-order chi connectivity index (χ1) is 9.68. The van der Waals surface area contributed by atoms with Crippen molar-refractivity contribution >= 4 is 12.0 Å². The molecule has 0 aliphatic carbocycles. The Hall–Kier alpha value is -2.04. The fourth-order valence-electron chi connectivity index (χ4n) is 2.25. The fraction of sp³-hybridized carbons (Fsp3) is 0.467. The van der Waals surface area contributed by atoms with Crippen LogP contribution in [0.15, 0.2) is 24.3 Å². The summed E-state index contributed by atoms with van der Waals surface area (Å²) in [5.74, 6) is 0.165. The van der Waals surface area contributed by atoms with Gasteiger partial charge in [-0.05, 0) is 30.9 Å². The summed E-state index contributed by atoms with van der Waals surface area (Å²) >= 11 is 0. The standard InChI is InChI=1S/C15H19NO4/c17-13-8-5-4-7-12(13)6-2-1-3-9-14(18)16-10-11-20-15(16)19/h4-5,7-8,17H,1-3,6,9-11H2. The number of carbonyl (C=O) groups excluding carboxylic acids is 2. The maximum atomic E-state index is 11.7. The number of phenolic OH excluding ortho intramolecular Hbond substituents is 1. The van der Waals surface area contributed by atoms with Gasteiger partial charge in [-0.15, -0.1) is 0 Å². The number of benzene rings is 1. The molecular weight excluding hydrogens is 258 g/mol. The Labute approximate surface area is 118 Å². The number of rotatable bonds is 6. The van der Waals surface area contributed by atoms with E-state index in [2.05, 4.69) is 0 Å². The van der Waals surface area contributed by atoms with Crippen LogP contribution in [0.5, 0.6) is 5.75 Å². The predicted octanol–water partition coefficient (Wildman–Crippen LogP) is 2.47. The van der Waals surface area contributed by atoms with Gasteiger partial charge < -0.3 is 9.84 Å². The van der Waals surface area contributed by atoms with Crippen LogP contribution in [0, 0.1) is 0 Å². The number of unbranched alkanes of at least 4 members (excludes halogenated alkanes) is 2. The highest BCUT2D eigenvalue weighted by Gasteiger charge is 2.27. The molecule has 0 atom stereocenters. The molecule has 1 aromatic rings. The second kappa shape index (κ2) is 6.93. The number of nitrogens with zero attached hydrogens (tertiary/aromatic N) is 1. The maximum absolute atomic E-state index is 11.7. The smallest absolute Gasteiger partial charge is 0.416 e. The lowest BCUT2D eigenvalue weighted by atomic mass is 10.1. The first-order valence-corrected chi connectivity index (χ1v) is 6.92. The van der Waals surface area contributed by atoms with E-state index in [0.29, 0.717) is 25.3 Å². The maximum Gasteiger partial charge on any atom is 0.416 e. The molecule has 0 unspecified atom stereocenters. The first-order valence-electron chi connectivity index (χ1n) is 6.92. The van der Waals surface area contributed by atoms with E-state index in [4.69, 9.17) is 4.74 Å². The number of phenols is 1. The van der Waals surface area contributed by atoms with Crippen molar-refractivity contribution in [1.82, 2.24) is 4.90 Å². The Morgan fingerprint density at radius 2 is 2.05 bits per heavy atom. The van der Waals surface area contributed by atoms with Gasteiger partial charge in [-0.1, -0.05) is 24.6 Å². The van der Waals surface area contributed by atoms with E-state index >= 15 is 0 Å². The molecule has 0 saturated carbocycles. The number of amides is 2. The lowest BCUT2D eigenvalue weighted by molar-refractivity contribution is -0.127. The van der Waals surface area contributed by atoms with Gasteiger partial charge in [0.2, 0.25) is 5.91 Å². The van der Waals surface area contributed by atoms with Crippen LogP contribution < -0.4 is 0 Å². The number of aromatic hydroxyl groups is 1. The minimum absolute atomic E-state index is 0.157. The summed E-state index contributed by atoms with van der Waals surface area (Å²) in [4.78, 5) is 24.1. The molecule has 1 fully saturated rings. The summed E-state index contributed by atoms with van der Waals surface area (Å²) in [7, 11) is 0. The summed E-state index contributed by atoms with van der Waals surface area (Å²) in [6.45, 7) is 0.674. The van der Waals surface area contributed by atoms with Crippen LogP contribution in [0.2, 0.25) is 0 Å². The van der Waals surface area contributed by atoms with Gasteiger partial charge in [-0.2, -0.15) is 0 Å². The van der Waals surface area contributed by atoms with Gasteiger partial charge in [0.05, 0.1) is 6.54 Å². The number of carbonyl (C=O) groups is 2. The zero-order valence-electron chi connectivity index (χ0n) is 11.4. The molecule has 0 radical (unpaired) electrons. The molecule has 1 heterocycles. The number of hydrogen-bond donors (Lipinski definition) is 1. The van der Waals surface area contributed by atoms with Crippen LogP contribution in [0.4, 0.5) is 4.79 Å². The number of para-hydroxylation sites is 1. The highest BCUT2D eigenvalue weighted by atomic mass is 16.6. The number of ether oxygens (including phenoxy) is 1. The quantitative estimate of drug-likeness (QED) is 0.811. The summed E-state index contributed by atoms with van der Waals surface area (Å²) in [5.41, 5.74) is 0.932. The molecule has 2 rings (SSSR count). The monoisotopic (exact) mass is 277 g/mol. The van der Waals surface area contributed by atoms with Gasteiger partial charge in [0.1, 0.15) is 12.4 Å². The van der Waals surface area contributed by atoms with Crippen LogP contribution in [0.1, 0.15) is 31.2 Å². The minimum Gasteiger partial charge on any atom is -0.508 e. The van der Waals surface area contributed by atoms with Crippen molar-refractivity contribution in [3.05, 3.63) is 29.8 Å². The lowest BCUT2D eigenvalue weighted by Crippen LogP contribution is -2.31. The molecule has 1 aliphatic heterocycles. The van der Waals surface area contributed by atoms with Crippen molar-refractivity contribution in [2.75, 3.05) is 13.2 Å². The van der Waals surface area contributed by atoms with Crippen molar-refractivity contribution < 1.29 is 19.4 Å². The van der Waals surface area contributed by atoms with Crippen molar-refractivity contribution in [2.24, 2.45) is 0 Å². The fourth-order valence-corrected chi connectivity index (χ4v) is 2.25. The van der Waals surface area contributed by atoms with Crippen molar-refractivity contribution in [2.45, 2.75) is 32.1 Å². The zero-order valence-corrected chi connectivity index (χ0v) is 11.4. The van der Waals surface area contributed by atoms with E-state index in [9.17, 15) is 14.7 Å². The van der Waals surface area contributed by atoms with E-state index in [-0.39, 0.29) is 5.91 Å². The second-order valence-electron chi connectivity index (χ2n) is 4.85. The molecule has 0 bridgehead atoms. The average molecular weight is 277 g/mol. The minimum atomic E-state index is -0.524. The molecule has 0 spiro atoms. The lowest BCUT2D eigenvalue weighted by Gasteiger charge is -2.10. The molecular formula is C15H19NO4. The Morgan fingerprint density at radius 1 is 1.25 bits per heavy atom. The second-order valence-corrected chi connectivity index (χ2v) is 4.85. The molecule has 0 aromatic heterocycles. The number of imide groups is 1. The Balaban J connectivity index is 1.63. The highest BCUT2D eigenvalue weighted by molar-refractivity contribution is 5.92. The normalized spacial score (nSPS) is 14.4. The average Bonchev–Trinajstić information content (AvgIpc) is 2.86. The van der Waals surface area contributed by atoms with Gasteiger partial charge >= 0.3 is 6.09 Å². The molecule has 1 N–H and O–H groups in total. The molecule has 20 heavy (non-hydrogen) atoms. The van der Waals surface area contributed by atoms with Crippen molar-refractivity contribution in [1.29, 1.82) is 0 Å². The summed E-state index contributed by atoms with van der Waals surface area (Å²) in [5, 5.41) is 9.62. The van der Waals surface area contributed by atoms with Gasteiger partial charge in [-0.25, -0.2) is 9.69 Å². The van der Waals surface area contributed by atoms with Gasteiger partial charge in [0.15, 0.2) is 0 Å². The SMILES string of the molecule is O=C(CCCCCc1ccccc1O)N1CCOC1=O. The van der Waals surface area contributed by atoms with Crippen molar-refractivity contribution in [3.8, 4) is 5.75 Å². The third kappa shape index (κ3) is 3.73. The Morgan fingerprint density at radius 3 is 2.75 bits per heavy atom. The van der Waals surface area contributed by atoms with Crippen molar-refractivity contribution in [3.63, 3.8) is 0 Å². The molecule has 5 nitrogen and oxygen atoms in total. The Bertz CT molecular complexity index is 487. The van der Waals surface area contributed by atoms with Gasteiger partial charge in [-0.3, -0.25) is 4.79 Å². The van der Waals surface area contributed by atoms with E-state index < -0.39 is 6.09 Å². The number of aryl methyl sites for hydroxylation is 1. The molecule has 108 valence electrons. The zero-order chi connectivity index (χ0) is 14.4. The Kier molecular flexibility index (Phi) is 4.98. The largest absolute Gasteiger partial charge is 0.508 e. The molecule has 1 aliphatic rings. The van der Waals surface area contributed by atoms with E-state index in [1.807, 2.05) is 12.1 Å². The van der Waals surface area contributed by atoms with Gasteiger partial charge in [0, 0.05) is 6.42 Å². The van der Waals surface area contributed by atoms with Gasteiger partial charge in [0.25, 0.3) is 0 Å². The number of hydrogen-bond acceptors (Lipinski definition) is 4. The molecule has 2 amide bonds. The summed E-state index contributed by atoms with van der Waals surface area (Å²) < 4.78 is 4.72. The summed E-state index contributed by atoms with van der Waals surface area (Å²) in [6.07, 6.45) is 3.20. The molecule has 5 heteroatoms. The van der Waals surface area contributed by atoms with E-state index in [0.717, 1.165) is 31.2 Å². The van der Waals surface area contributed by atoms with Crippen LogP contribution in [0.3, 0.4) is 0 Å². The summed E-state index contributed by atoms with van der Waals surface area (Å²) in [6, 6.07) is 7.28. The highest BCUT2D eigenvalue weighted by Crippen LogP contribution is 2.18. The van der Waals surface area contributed by atoms with Crippen LogP contribution >= 0.6 is 0 Å². The third-order valence-electron chi connectivity index (χ3n) is 3.39. The molecule has 1 aromatic carbocycles. The van der Waals surface area contributed by atoms with Crippen LogP contribution in [-0.2, 0) is 16.0 Å². The number of cyclic esters (lactones) is 1.